The van der Waals surface area contributed by atoms with Crippen molar-refractivity contribution in [2.75, 3.05) is 13.6 Å². The van der Waals surface area contributed by atoms with Gasteiger partial charge in [-0.25, -0.2) is 8.78 Å². The van der Waals surface area contributed by atoms with Crippen molar-refractivity contribution in [3.63, 3.8) is 0 Å². The second-order valence-electron chi connectivity index (χ2n) is 5.31. The van der Waals surface area contributed by atoms with Gasteiger partial charge in [0.05, 0.1) is 12.2 Å². The lowest BCUT2D eigenvalue weighted by Crippen LogP contribution is -2.34. The highest BCUT2D eigenvalue weighted by Gasteiger charge is 2.31. The molecule has 1 aliphatic heterocycles. The molecule has 118 valence electrons. The highest BCUT2D eigenvalue weighted by atomic mass is 35.5. The molecule has 1 aromatic heterocycles. The first-order chi connectivity index (χ1) is 9.81. The van der Waals surface area contributed by atoms with Crippen molar-refractivity contribution in [3.05, 3.63) is 16.4 Å². The monoisotopic (exact) mass is 321 g/mol. The number of aromatic nitrogens is 2. The first kappa shape index (κ1) is 16.2. The van der Waals surface area contributed by atoms with Gasteiger partial charge in [-0.3, -0.25) is 9.48 Å². The van der Waals surface area contributed by atoms with E-state index in [9.17, 15) is 13.6 Å². The molecule has 2 unspecified atom stereocenters. The second-order valence-corrected chi connectivity index (χ2v) is 5.67. The average Bonchev–Trinajstić information content (AvgIpc) is 2.94. The van der Waals surface area contributed by atoms with Crippen LogP contribution < -0.4 is 0 Å². The minimum atomic E-state index is -2.85. The molecule has 1 amide bonds. The van der Waals surface area contributed by atoms with Gasteiger partial charge in [-0.1, -0.05) is 11.6 Å². The Bertz CT molecular complexity index is 536. The summed E-state index contributed by atoms with van der Waals surface area (Å²) in [6.45, 7) is 2.31. The number of likely N-dealkylation sites (N-methyl/N-ethyl adjacent to an activating group) is 1. The number of rotatable bonds is 4. The molecule has 1 aromatic rings. The highest BCUT2D eigenvalue weighted by molar-refractivity contribution is 6.33. The van der Waals surface area contributed by atoms with Crippen LogP contribution in [-0.2, 0) is 11.8 Å². The van der Waals surface area contributed by atoms with Gasteiger partial charge in [0.1, 0.15) is 16.4 Å². The molecule has 1 aliphatic rings. The summed E-state index contributed by atoms with van der Waals surface area (Å²) >= 11 is 5.93. The van der Waals surface area contributed by atoms with E-state index in [2.05, 4.69) is 5.10 Å². The van der Waals surface area contributed by atoms with Crippen molar-refractivity contribution in [1.29, 1.82) is 0 Å². The number of hydrogen-bond acceptors (Lipinski definition) is 3. The van der Waals surface area contributed by atoms with Crippen molar-refractivity contribution < 1.29 is 18.3 Å². The molecule has 8 heteroatoms. The van der Waals surface area contributed by atoms with Crippen LogP contribution in [0.4, 0.5) is 8.78 Å². The van der Waals surface area contributed by atoms with Gasteiger partial charge in [0.15, 0.2) is 0 Å². The lowest BCUT2D eigenvalue weighted by Gasteiger charge is -2.21. The predicted molar refractivity (Wildman–Crippen MR) is 73.7 cm³/mol. The molecule has 0 aromatic carbocycles. The van der Waals surface area contributed by atoms with E-state index in [0.29, 0.717) is 6.54 Å². The SMILES string of the molecule is CC1CCC(CN(C)C(=O)c2c(C(F)F)nn(C)c2Cl)O1. The van der Waals surface area contributed by atoms with Gasteiger partial charge in [0, 0.05) is 20.6 Å². The number of halogens is 3. The normalized spacial score (nSPS) is 22.0. The van der Waals surface area contributed by atoms with Crippen LogP contribution >= 0.6 is 11.6 Å². The van der Waals surface area contributed by atoms with E-state index in [0.717, 1.165) is 17.5 Å². The lowest BCUT2D eigenvalue weighted by atomic mass is 10.2. The highest BCUT2D eigenvalue weighted by Crippen LogP contribution is 2.29. The maximum absolute atomic E-state index is 13.0. The van der Waals surface area contributed by atoms with Gasteiger partial charge in [0.2, 0.25) is 0 Å². The second kappa shape index (κ2) is 6.27. The van der Waals surface area contributed by atoms with Crippen molar-refractivity contribution in [1.82, 2.24) is 14.7 Å². The van der Waals surface area contributed by atoms with Crippen LogP contribution in [0.5, 0.6) is 0 Å². The number of carbonyl (C=O) groups is 1. The molecule has 0 spiro atoms. The first-order valence-electron chi connectivity index (χ1n) is 6.72. The number of ether oxygens (including phenoxy) is 1. The molecule has 2 rings (SSSR count). The summed E-state index contributed by atoms with van der Waals surface area (Å²) in [5.41, 5.74) is -0.817. The number of aryl methyl sites for hydroxylation is 1. The third-order valence-electron chi connectivity index (χ3n) is 3.57. The summed E-state index contributed by atoms with van der Waals surface area (Å²) in [6.07, 6.45) is -0.973. The number of hydrogen-bond donors (Lipinski definition) is 0. The van der Waals surface area contributed by atoms with Gasteiger partial charge >= 0.3 is 0 Å². The average molecular weight is 322 g/mol. The molecule has 5 nitrogen and oxygen atoms in total. The Morgan fingerprint density at radius 2 is 2.24 bits per heavy atom. The molecule has 0 bridgehead atoms. The topological polar surface area (TPSA) is 47.4 Å². The molecule has 2 heterocycles. The van der Waals surface area contributed by atoms with Crippen molar-refractivity contribution in [2.24, 2.45) is 7.05 Å². The van der Waals surface area contributed by atoms with E-state index in [4.69, 9.17) is 16.3 Å². The molecule has 1 saturated heterocycles. The van der Waals surface area contributed by atoms with Gasteiger partial charge in [-0.2, -0.15) is 5.10 Å². The summed E-state index contributed by atoms with van der Waals surface area (Å²) in [6, 6.07) is 0. The minimum Gasteiger partial charge on any atom is -0.373 e. The predicted octanol–water partition coefficient (Wildman–Crippen LogP) is 2.65. The maximum Gasteiger partial charge on any atom is 0.283 e. The van der Waals surface area contributed by atoms with E-state index in [1.54, 1.807) is 7.05 Å². The van der Waals surface area contributed by atoms with E-state index < -0.39 is 18.0 Å². The summed E-state index contributed by atoms with van der Waals surface area (Å²) in [5.74, 6) is -0.563. The standard InChI is InChI=1S/C13H18ClF2N3O2/c1-7-4-5-8(21-7)6-18(2)13(20)9-10(12(15)16)17-19(3)11(9)14/h7-8,12H,4-6H2,1-3H3. The zero-order chi connectivity index (χ0) is 15.7. The van der Waals surface area contributed by atoms with Crippen molar-refractivity contribution in [3.8, 4) is 0 Å². The number of carbonyl (C=O) groups excluding carboxylic acids is 1. The van der Waals surface area contributed by atoms with E-state index in [1.807, 2.05) is 6.92 Å². The van der Waals surface area contributed by atoms with Crippen LogP contribution in [0, 0.1) is 0 Å². The zero-order valence-corrected chi connectivity index (χ0v) is 12.9. The van der Waals surface area contributed by atoms with Crippen LogP contribution in [-0.4, -0.2) is 46.4 Å². The van der Waals surface area contributed by atoms with Gasteiger partial charge in [-0.15, -0.1) is 0 Å². The van der Waals surface area contributed by atoms with Crippen LogP contribution in [0.15, 0.2) is 0 Å². The van der Waals surface area contributed by atoms with Crippen LogP contribution in [0.1, 0.15) is 42.2 Å². The fourth-order valence-electron chi connectivity index (χ4n) is 2.47. The molecule has 21 heavy (non-hydrogen) atoms. The van der Waals surface area contributed by atoms with Crippen LogP contribution in [0.2, 0.25) is 5.15 Å². The van der Waals surface area contributed by atoms with E-state index >= 15 is 0 Å². The number of nitrogens with zero attached hydrogens (tertiary/aromatic N) is 3. The summed E-state index contributed by atoms with van der Waals surface area (Å²) in [4.78, 5) is 13.7. The maximum atomic E-state index is 13.0. The van der Waals surface area contributed by atoms with Crippen LogP contribution in [0.25, 0.3) is 0 Å². The third kappa shape index (κ3) is 3.35. The largest absolute Gasteiger partial charge is 0.373 e. The first-order valence-corrected chi connectivity index (χ1v) is 7.10. The molecule has 2 atom stereocenters. The minimum absolute atomic E-state index is 0.0700. The molecule has 1 fully saturated rings. The number of amides is 1. The smallest absolute Gasteiger partial charge is 0.283 e. The summed E-state index contributed by atoms with van der Waals surface area (Å²) in [5, 5.41) is 3.53. The Morgan fingerprint density at radius 3 is 2.76 bits per heavy atom. The van der Waals surface area contributed by atoms with Gasteiger partial charge in [-0.05, 0) is 19.8 Å². The third-order valence-corrected chi connectivity index (χ3v) is 4.00. The van der Waals surface area contributed by atoms with Gasteiger partial charge < -0.3 is 9.64 Å². The Kier molecular flexibility index (Phi) is 4.83. The Labute approximate surface area is 126 Å². The number of alkyl halides is 2. The Morgan fingerprint density at radius 1 is 1.57 bits per heavy atom. The molecule has 0 radical (unpaired) electrons. The van der Waals surface area contributed by atoms with Gasteiger partial charge in [0.25, 0.3) is 12.3 Å². The van der Waals surface area contributed by atoms with Crippen molar-refractivity contribution in [2.45, 2.75) is 38.4 Å². The fourth-order valence-corrected chi connectivity index (χ4v) is 2.69. The Hall–Kier alpha value is -1.21. The van der Waals surface area contributed by atoms with E-state index in [1.165, 1.54) is 11.9 Å². The fraction of sp³-hybridized carbons (Fsp3) is 0.692. The molecule has 0 aliphatic carbocycles. The zero-order valence-electron chi connectivity index (χ0n) is 12.1. The quantitative estimate of drug-likeness (QED) is 0.856. The summed E-state index contributed by atoms with van der Waals surface area (Å²) in [7, 11) is 2.97. The van der Waals surface area contributed by atoms with Crippen LogP contribution in [0.3, 0.4) is 0 Å². The molecular formula is C13H18ClF2N3O2. The lowest BCUT2D eigenvalue weighted by molar-refractivity contribution is 0.0326. The molecule has 0 N–H and O–H groups in total. The molecule has 0 saturated carbocycles. The molecular weight excluding hydrogens is 304 g/mol. The van der Waals surface area contributed by atoms with E-state index in [-0.39, 0.29) is 22.9 Å². The summed E-state index contributed by atoms with van der Waals surface area (Å²) < 4.78 is 32.7. The Balaban J connectivity index is 2.15. The van der Waals surface area contributed by atoms with Crippen molar-refractivity contribution >= 4 is 17.5 Å².